The molecule has 86 valence electrons. The van der Waals surface area contributed by atoms with E-state index >= 15 is 0 Å². The number of amides is 1. The summed E-state index contributed by atoms with van der Waals surface area (Å²) < 4.78 is 0. The number of hydrogen-bond donors (Lipinski definition) is 0. The Labute approximate surface area is 93.3 Å². The van der Waals surface area contributed by atoms with Gasteiger partial charge in [0.2, 0.25) is 5.91 Å². The van der Waals surface area contributed by atoms with Gasteiger partial charge in [0.25, 0.3) is 0 Å². The van der Waals surface area contributed by atoms with Crippen molar-refractivity contribution in [2.24, 2.45) is 0 Å². The first-order valence-corrected chi connectivity index (χ1v) is 6.18. The molecule has 0 aromatic heterocycles. The van der Waals surface area contributed by atoms with Gasteiger partial charge in [-0.2, -0.15) is 0 Å². The Hall–Kier alpha value is -0.790. The highest BCUT2D eigenvalue weighted by Crippen LogP contribution is 2.26. The predicted molar refractivity (Wildman–Crippen MR) is 63.7 cm³/mol. The lowest BCUT2D eigenvalue weighted by molar-refractivity contribution is -0.126. The van der Waals surface area contributed by atoms with Crippen LogP contribution in [-0.2, 0) is 4.79 Å². The van der Waals surface area contributed by atoms with E-state index in [2.05, 4.69) is 0 Å². The summed E-state index contributed by atoms with van der Waals surface area (Å²) in [6.07, 6.45) is 6.13. The van der Waals surface area contributed by atoms with Gasteiger partial charge in [0.15, 0.2) is 0 Å². The number of likely N-dealkylation sites (N-methyl/N-ethyl adjacent to an activating group) is 1. The fourth-order valence-electron chi connectivity index (χ4n) is 2.25. The molecule has 2 nitrogen and oxygen atoms in total. The third-order valence-corrected chi connectivity index (χ3v) is 3.36. The Kier molecular flexibility index (Phi) is 4.86. The quantitative estimate of drug-likeness (QED) is 0.654. The number of allylic oxidation sites excluding steroid dienone is 1. The van der Waals surface area contributed by atoms with Crippen molar-refractivity contribution in [3.8, 4) is 0 Å². The minimum absolute atomic E-state index is 0.247. The van der Waals surface area contributed by atoms with E-state index in [4.69, 9.17) is 0 Å². The largest absolute Gasteiger partial charge is 0.339 e. The monoisotopic (exact) mass is 209 g/mol. The highest BCUT2D eigenvalue weighted by Gasteiger charge is 2.17. The summed E-state index contributed by atoms with van der Waals surface area (Å²) in [5.41, 5.74) is 2.41. The van der Waals surface area contributed by atoms with Gasteiger partial charge in [-0.05, 0) is 46.5 Å². The minimum Gasteiger partial charge on any atom is -0.339 e. The molecule has 1 amide bonds. The Morgan fingerprint density at radius 2 is 1.67 bits per heavy atom. The predicted octanol–water partition coefficient (Wildman–Crippen LogP) is 3.14. The van der Waals surface area contributed by atoms with Crippen LogP contribution in [0.3, 0.4) is 0 Å². The van der Waals surface area contributed by atoms with Gasteiger partial charge in [0.1, 0.15) is 0 Å². The highest BCUT2D eigenvalue weighted by molar-refractivity contribution is 5.93. The van der Waals surface area contributed by atoms with Gasteiger partial charge in [-0.15, -0.1) is 0 Å². The Morgan fingerprint density at radius 3 is 2.13 bits per heavy atom. The van der Waals surface area contributed by atoms with Gasteiger partial charge in [-0.25, -0.2) is 0 Å². The summed E-state index contributed by atoms with van der Waals surface area (Å²) in [6, 6.07) is 0. The van der Waals surface area contributed by atoms with E-state index in [0.29, 0.717) is 0 Å². The fraction of sp³-hybridized carbons (Fsp3) is 0.769. The van der Waals surface area contributed by atoms with Crippen molar-refractivity contribution in [3.63, 3.8) is 0 Å². The van der Waals surface area contributed by atoms with E-state index in [-0.39, 0.29) is 5.91 Å². The topological polar surface area (TPSA) is 20.3 Å². The van der Waals surface area contributed by atoms with Crippen molar-refractivity contribution in [1.82, 2.24) is 4.90 Å². The molecular weight excluding hydrogens is 186 g/mol. The van der Waals surface area contributed by atoms with E-state index < -0.39 is 0 Å². The van der Waals surface area contributed by atoms with Crippen LogP contribution in [0, 0.1) is 0 Å². The van der Waals surface area contributed by atoms with Crippen LogP contribution in [0.15, 0.2) is 11.1 Å². The van der Waals surface area contributed by atoms with Crippen LogP contribution in [0.25, 0.3) is 0 Å². The lowest BCUT2D eigenvalue weighted by atomic mass is 9.91. The van der Waals surface area contributed by atoms with E-state index in [0.717, 1.165) is 31.5 Å². The van der Waals surface area contributed by atoms with Crippen LogP contribution < -0.4 is 0 Å². The summed E-state index contributed by atoms with van der Waals surface area (Å²) in [4.78, 5) is 14.0. The van der Waals surface area contributed by atoms with Crippen LogP contribution in [-0.4, -0.2) is 23.9 Å². The maximum absolute atomic E-state index is 12.1. The smallest absolute Gasteiger partial charge is 0.249 e. The lowest BCUT2D eigenvalue weighted by Crippen LogP contribution is -2.31. The number of carbonyl (C=O) groups is 1. The highest BCUT2D eigenvalue weighted by atomic mass is 16.2. The van der Waals surface area contributed by atoms with Crippen LogP contribution in [0.4, 0.5) is 0 Å². The first-order chi connectivity index (χ1) is 7.20. The minimum atomic E-state index is 0.247. The van der Waals surface area contributed by atoms with Crippen molar-refractivity contribution in [2.45, 2.75) is 52.9 Å². The van der Waals surface area contributed by atoms with Crippen LogP contribution in [0.2, 0.25) is 0 Å². The van der Waals surface area contributed by atoms with Crippen LogP contribution >= 0.6 is 0 Å². The molecule has 1 aliphatic rings. The number of nitrogens with zero attached hydrogens (tertiary/aromatic N) is 1. The maximum atomic E-state index is 12.1. The van der Waals surface area contributed by atoms with Crippen molar-refractivity contribution in [2.75, 3.05) is 13.1 Å². The number of rotatable bonds is 3. The molecule has 0 unspecified atom stereocenters. The molecule has 0 aliphatic heterocycles. The summed E-state index contributed by atoms with van der Waals surface area (Å²) in [5.74, 6) is 0.247. The Bertz CT molecular complexity index is 243. The molecule has 0 aromatic rings. The second-order valence-corrected chi connectivity index (χ2v) is 4.27. The van der Waals surface area contributed by atoms with Gasteiger partial charge in [-0.3, -0.25) is 4.79 Å². The van der Waals surface area contributed by atoms with Gasteiger partial charge in [0, 0.05) is 18.7 Å². The molecule has 1 saturated carbocycles. The second-order valence-electron chi connectivity index (χ2n) is 4.27. The van der Waals surface area contributed by atoms with Crippen LogP contribution in [0.5, 0.6) is 0 Å². The first kappa shape index (κ1) is 12.3. The number of carbonyl (C=O) groups excluding carboxylic acids is 1. The molecule has 0 heterocycles. The first-order valence-electron chi connectivity index (χ1n) is 6.18. The van der Waals surface area contributed by atoms with E-state index in [1.165, 1.54) is 24.8 Å². The molecule has 2 heteroatoms. The molecule has 0 spiro atoms. The summed E-state index contributed by atoms with van der Waals surface area (Å²) in [7, 11) is 0. The number of hydrogen-bond acceptors (Lipinski definition) is 1. The SMILES string of the molecule is CCN(CC)C(=O)C(C)=C1CCCCC1. The van der Waals surface area contributed by atoms with Gasteiger partial charge < -0.3 is 4.90 Å². The van der Waals surface area contributed by atoms with Gasteiger partial charge in [0.05, 0.1) is 0 Å². The van der Waals surface area contributed by atoms with E-state index in [1.54, 1.807) is 0 Å². The standard InChI is InChI=1S/C13H23NO/c1-4-14(5-2)13(15)11(3)12-9-7-6-8-10-12/h4-10H2,1-3H3. The molecular formula is C13H23NO. The van der Waals surface area contributed by atoms with Crippen molar-refractivity contribution in [1.29, 1.82) is 0 Å². The molecule has 0 aromatic carbocycles. The lowest BCUT2D eigenvalue weighted by Gasteiger charge is -2.22. The van der Waals surface area contributed by atoms with Crippen LogP contribution in [0.1, 0.15) is 52.9 Å². The normalized spacial score (nSPS) is 16.3. The summed E-state index contributed by atoms with van der Waals surface area (Å²) in [5, 5.41) is 0. The zero-order valence-electron chi connectivity index (χ0n) is 10.3. The van der Waals surface area contributed by atoms with E-state index in [9.17, 15) is 4.79 Å². The zero-order valence-corrected chi connectivity index (χ0v) is 10.3. The van der Waals surface area contributed by atoms with Gasteiger partial charge >= 0.3 is 0 Å². The molecule has 0 radical (unpaired) electrons. The van der Waals surface area contributed by atoms with Crippen molar-refractivity contribution in [3.05, 3.63) is 11.1 Å². The van der Waals surface area contributed by atoms with Crippen molar-refractivity contribution < 1.29 is 4.79 Å². The van der Waals surface area contributed by atoms with E-state index in [1.807, 2.05) is 25.7 Å². The average Bonchev–Trinajstić information content (AvgIpc) is 2.30. The summed E-state index contributed by atoms with van der Waals surface area (Å²) >= 11 is 0. The van der Waals surface area contributed by atoms with Crippen molar-refractivity contribution >= 4 is 5.91 Å². The Morgan fingerprint density at radius 1 is 1.13 bits per heavy atom. The molecule has 1 fully saturated rings. The zero-order chi connectivity index (χ0) is 11.3. The third-order valence-electron chi connectivity index (χ3n) is 3.36. The molecule has 0 atom stereocenters. The average molecular weight is 209 g/mol. The fourth-order valence-corrected chi connectivity index (χ4v) is 2.25. The molecule has 0 bridgehead atoms. The second kappa shape index (κ2) is 5.94. The maximum Gasteiger partial charge on any atom is 0.249 e. The molecule has 0 N–H and O–H groups in total. The van der Waals surface area contributed by atoms with Gasteiger partial charge in [-0.1, -0.05) is 12.0 Å². The Balaban J connectivity index is 2.72. The molecule has 0 saturated heterocycles. The molecule has 1 aliphatic carbocycles. The molecule has 15 heavy (non-hydrogen) atoms. The molecule has 1 rings (SSSR count). The summed E-state index contributed by atoms with van der Waals surface area (Å²) in [6.45, 7) is 7.72. The third kappa shape index (κ3) is 3.08.